The second-order valence-electron chi connectivity index (χ2n) is 3.76. The number of hydrogen-bond donors (Lipinski definition) is 0. The van der Waals surface area contributed by atoms with Gasteiger partial charge in [0.05, 0.1) is 5.69 Å². The SMILES string of the molecule is CCN1COc2c1ccc1ccccc21. The van der Waals surface area contributed by atoms with Gasteiger partial charge < -0.3 is 9.64 Å². The Balaban J connectivity index is 2.28. The number of hydrogen-bond acceptors (Lipinski definition) is 2. The van der Waals surface area contributed by atoms with Gasteiger partial charge in [-0.15, -0.1) is 0 Å². The van der Waals surface area contributed by atoms with E-state index in [1.165, 1.54) is 16.5 Å². The van der Waals surface area contributed by atoms with Gasteiger partial charge in [-0.05, 0) is 18.4 Å². The Hall–Kier alpha value is -1.70. The van der Waals surface area contributed by atoms with Gasteiger partial charge in [0.1, 0.15) is 0 Å². The standard InChI is InChI=1S/C13H13NO/c1-2-14-9-15-13-11-6-4-3-5-10(11)7-8-12(13)14/h3-8H,2,9H2,1H3. The van der Waals surface area contributed by atoms with Gasteiger partial charge in [-0.2, -0.15) is 0 Å². The Morgan fingerprint density at radius 2 is 2.07 bits per heavy atom. The molecular weight excluding hydrogens is 186 g/mol. The van der Waals surface area contributed by atoms with Crippen LogP contribution in [0.2, 0.25) is 0 Å². The number of anilines is 1. The number of ether oxygens (including phenoxy) is 1. The zero-order valence-corrected chi connectivity index (χ0v) is 8.73. The predicted octanol–water partition coefficient (Wildman–Crippen LogP) is 3.02. The molecule has 0 aliphatic carbocycles. The van der Waals surface area contributed by atoms with Crippen molar-refractivity contribution in [2.24, 2.45) is 0 Å². The minimum absolute atomic E-state index is 0.680. The molecule has 0 radical (unpaired) electrons. The number of fused-ring (bicyclic) bond motifs is 3. The van der Waals surface area contributed by atoms with E-state index < -0.39 is 0 Å². The van der Waals surface area contributed by atoms with Crippen molar-refractivity contribution in [1.82, 2.24) is 0 Å². The first-order chi connectivity index (χ1) is 7.40. The lowest BCUT2D eigenvalue weighted by molar-refractivity contribution is 0.351. The number of rotatable bonds is 1. The molecule has 0 saturated heterocycles. The Labute approximate surface area is 89.1 Å². The molecule has 2 heteroatoms. The summed E-state index contributed by atoms with van der Waals surface area (Å²) < 4.78 is 5.74. The molecule has 2 nitrogen and oxygen atoms in total. The Bertz CT molecular complexity index is 507. The molecular formula is C13H13NO. The fourth-order valence-corrected chi connectivity index (χ4v) is 2.11. The first-order valence-corrected chi connectivity index (χ1v) is 5.29. The zero-order valence-electron chi connectivity index (χ0n) is 8.73. The fraction of sp³-hybridized carbons (Fsp3) is 0.231. The highest BCUT2D eigenvalue weighted by molar-refractivity contribution is 5.94. The number of benzene rings is 2. The van der Waals surface area contributed by atoms with Gasteiger partial charge >= 0.3 is 0 Å². The van der Waals surface area contributed by atoms with Crippen LogP contribution in [0.4, 0.5) is 5.69 Å². The summed E-state index contributed by atoms with van der Waals surface area (Å²) in [6.07, 6.45) is 0. The van der Waals surface area contributed by atoms with E-state index in [1.807, 2.05) is 0 Å². The molecule has 1 aliphatic heterocycles. The van der Waals surface area contributed by atoms with Gasteiger partial charge in [0.25, 0.3) is 0 Å². The summed E-state index contributed by atoms with van der Waals surface area (Å²) in [7, 11) is 0. The van der Waals surface area contributed by atoms with E-state index in [0.29, 0.717) is 6.73 Å². The van der Waals surface area contributed by atoms with Gasteiger partial charge in [0, 0.05) is 11.9 Å². The van der Waals surface area contributed by atoms with Crippen LogP contribution in [0.25, 0.3) is 10.8 Å². The maximum atomic E-state index is 5.74. The normalized spacial score (nSPS) is 14.1. The van der Waals surface area contributed by atoms with E-state index >= 15 is 0 Å². The van der Waals surface area contributed by atoms with E-state index in [4.69, 9.17) is 4.74 Å². The Morgan fingerprint density at radius 3 is 2.93 bits per heavy atom. The van der Waals surface area contributed by atoms with Crippen molar-refractivity contribution in [2.75, 3.05) is 18.2 Å². The highest BCUT2D eigenvalue weighted by Crippen LogP contribution is 2.39. The van der Waals surface area contributed by atoms with Gasteiger partial charge in [-0.3, -0.25) is 0 Å². The van der Waals surface area contributed by atoms with E-state index in [1.54, 1.807) is 0 Å². The number of nitrogens with zero attached hydrogens (tertiary/aromatic N) is 1. The molecule has 0 aromatic heterocycles. The Morgan fingerprint density at radius 1 is 1.20 bits per heavy atom. The smallest absolute Gasteiger partial charge is 0.161 e. The average molecular weight is 199 g/mol. The van der Waals surface area contributed by atoms with Gasteiger partial charge in [-0.1, -0.05) is 30.3 Å². The summed E-state index contributed by atoms with van der Waals surface area (Å²) >= 11 is 0. The lowest BCUT2D eigenvalue weighted by atomic mass is 10.1. The van der Waals surface area contributed by atoms with Crippen molar-refractivity contribution in [3.8, 4) is 5.75 Å². The van der Waals surface area contributed by atoms with Crippen LogP contribution in [0.15, 0.2) is 36.4 Å². The summed E-state index contributed by atoms with van der Waals surface area (Å²) in [6, 6.07) is 12.7. The minimum atomic E-state index is 0.680. The summed E-state index contributed by atoms with van der Waals surface area (Å²) in [5.41, 5.74) is 1.22. The van der Waals surface area contributed by atoms with E-state index in [9.17, 15) is 0 Å². The van der Waals surface area contributed by atoms with Crippen LogP contribution in [0.1, 0.15) is 6.92 Å². The molecule has 2 aromatic rings. The first-order valence-electron chi connectivity index (χ1n) is 5.29. The largest absolute Gasteiger partial charge is 0.470 e. The van der Waals surface area contributed by atoms with Crippen LogP contribution in [-0.4, -0.2) is 13.3 Å². The highest BCUT2D eigenvalue weighted by Gasteiger charge is 2.20. The maximum absolute atomic E-state index is 5.74. The summed E-state index contributed by atoms with van der Waals surface area (Å²) in [6.45, 7) is 3.82. The monoisotopic (exact) mass is 199 g/mol. The minimum Gasteiger partial charge on any atom is -0.470 e. The van der Waals surface area contributed by atoms with Gasteiger partial charge in [-0.25, -0.2) is 0 Å². The molecule has 0 fully saturated rings. The van der Waals surface area contributed by atoms with Crippen molar-refractivity contribution in [2.45, 2.75) is 6.92 Å². The molecule has 1 heterocycles. The molecule has 0 N–H and O–H groups in total. The van der Waals surface area contributed by atoms with Crippen molar-refractivity contribution < 1.29 is 4.74 Å². The van der Waals surface area contributed by atoms with Gasteiger partial charge in [0.15, 0.2) is 12.5 Å². The van der Waals surface area contributed by atoms with Crippen LogP contribution >= 0.6 is 0 Å². The molecule has 1 aliphatic rings. The molecule has 15 heavy (non-hydrogen) atoms. The fourth-order valence-electron chi connectivity index (χ4n) is 2.11. The highest BCUT2D eigenvalue weighted by atomic mass is 16.5. The third-order valence-electron chi connectivity index (χ3n) is 2.95. The lowest BCUT2D eigenvalue weighted by Crippen LogP contribution is -2.20. The molecule has 0 spiro atoms. The zero-order chi connectivity index (χ0) is 10.3. The molecule has 76 valence electrons. The Kier molecular flexibility index (Phi) is 1.81. The van der Waals surface area contributed by atoms with Crippen LogP contribution in [0, 0.1) is 0 Å². The quantitative estimate of drug-likeness (QED) is 0.700. The third-order valence-corrected chi connectivity index (χ3v) is 2.95. The van der Waals surface area contributed by atoms with Crippen molar-refractivity contribution >= 4 is 16.5 Å². The second kappa shape index (κ2) is 3.16. The third kappa shape index (κ3) is 1.18. The van der Waals surface area contributed by atoms with E-state index in [0.717, 1.165) is 12.3 Å². The van der Waals surface area contributed by atoms with E-state index in [-0.39, 0.29) is 0 Å². The van der Waals surface area contributed by atoms with Gasteiger partial charge in [0.2, 0.25) is 0 Å². The van der Waals surface area contributed by atoms with Crippen molar-refractivity contribution in [3.63, 3.8) is 0 Å². The van der Waals surface area contributed by atoms with Crippen LogP contribution in [0.3, 0.4) is 0 Å². The topological polar surface area (TPSA) is 12.5 Å². The van der Waals surface area contributed by atoms with Crippen LogP contribution in [0.5, 0.6) is 5.75 Å². The first kappa shape index (κ1) is 8.60. The molecule has 3 rings (SSSR count). The van der Waals surface area contributed by atoms with Crippen LogP contribution < -0.4 is 9.64 Å². The molecule has 0 unspecified atom stereocenters. The van der Waals surface area contributed by atoms with E-state index in [2.05, 4.69) is 48.2 Å². The van der Waals surface area contributed by atoms with Crippen molar-refractivity contribution in [1.29, 1.82) is 0 Å². The lowest BCUT2D eigenvalue weighted by Gasteiger charge is -2.12. The maximum Gasteiger partial charge on any atom is 0.161 e. The molecule has 0 saturated carbocycles. The second-order valence-corrected chi connectivity index (χ2v) is 3.76. The van der Waals surface area contributed by atoms with Crippen LogP contribution in [-0.2, 0) is 0 Å². The molecule has 0 amide bonds. The summed E-state index contributed by atoms with van der Waals surface area (Å²) in [5.74, 6) is 1.04. The molecule has 0 bridgehead atoms. The molecule has 2 aromatic carbocycles. The molecule has 0 atom stereocenters. The predicted molar refractivity (Wildman–Crippen MR) is 62.5 cm³/mol. The summed E-state index contributed by atoms with van der Waals surface area (Å²) in [4.78, 5) is 2.24. The van der Waals surface area contributed by atoms with Crippen molar-refractivity contribution in [3.05, 3.63) is 36.4 Å². The summed E-state index contributed by atoms with van der Waals surface area (Å²) in [5, 5.41) is 2.46. The average Bonchev–Trinajstić information content (AvgIpc) is 2.72.